The van der Waals surface area contributed by atoms with E-state index in [1.807, 2.05) is 18.2 Å². The minimum atomic E-state index is -0.196. The van der Waals surface area contributed by atoms with Crippen molar-refractivity contribution < 1.29 is 4.39 Å². The van der Waals surface area contributed by atoms with Crippen LogP contribution in [-0.4, -0.2) is 0 Å². The number of hydrogen-bond donors (Lipinski definition) is 1. The molecule has 2 aromatic carbocycles. The largest absolute Gasteiger partial charge is 0.381 e. The van der Waals surface area contributed by atoms with Crippen LogP contribution in [-0.2, 0) is 12.0 Å². The lowest BCUT2D eigenvalue weighted by Crippen LogP contribution is -2.14. The minimum Gasteiger partial charge on any atom is -0.381 e. The Hall–Kier alpha value is -1.83. The van der Waals surface area contributed by atoms with Gasteiger partial charge in [0.25, 0.3) is 0 Å². The van der Waals surface area contributed by atoms with E-state index in [0.717, 1.165) is 11.3 Å². The Bertz CT molecular complexity index is 538. The highest BCUT2D eigenvalue weighted by Gasteiger charge is 2.16. The third kappa shape index (κ3) is 3.57. The van der Waals surface area contributed by atoms with E-state index in [0.29, 0.717) is 6.54 Å². The van der Waals surface area contributed by atoms with Crippen LogP contribution < -0.4 is 5.32 Å². The first-order chi connectivity index (χ1) is 8.97. The van der Waals surface area contributed by atoms with Crippen molar-refractivity contribution in [3.8, 4) is 0 Å². The van der Waals surface area contributed by atoms with Crippen molar-refractivity contribution >= 4 is 5.69 Å². The topological polar surface area (TPSA) is 12.0 Å². The molecular formula is C17H20FN. The summed E-state index contributed by atoms with van der Waals surface area (Å²) in [5.74, 6) is -0.196. The number of halogens is 1. The highest BCUT2D eigenvalue weighted by atomic mass is 19.1. The molecule has 0 aliphatic rings. The van der Waals surface area contributed by atoms with Crippen molar-refractivity contribution in [2.75, 3.05) is 5.32 Å². The molecule has 2 aromatic rings. The van der Waals surface area contributed by atoms with Gasteiger partial charge in [0.15, 0.2) is 0 Å². The molecule has 0 saturated heterocycles. The monoisotopic (exact) mass is 257 g/mol. The maximum Gasteiger partial charge on any atom is 0.123 e. The molecule has 0 unspecified atom stereocenters. The number of para-hydroxylation sites is 1. The maximum atomic E-state index is 12.8. The molecule has 2 heteroatoms. The zero-order valence-corrected chi connectivity index (χ0v) is 11.7. The molecule has 100 valence electrons. The molecular weight excluding hydrogens is 237 g/mol. The van der Waals surface area contributed by atoms with Crippen molar-refractivity contribution in [2.24, 2.45) is 0 Å². The lowest BCUT2D eigenvalue weighted by atomic mass is 9.86. The molecule has 0 aliphatic heterocycles. The van der Waals surface area contributed by atoms with Crippen LogP contribution in [0.15, 0.2) is 48.5 Å². The molecule has 0 amide bonds. The summed E-state index contributed by atoms with van der Waals surface area (Å²) in [5, 5.41) is 3.43. The summed E-state index contributed by atoms with van der Waals surface area (Å²) in [6.45, 7) is 7.30. The first-order valence-electron chi connectivity index (χ1n) is 6.54. The molecule has 0 heterocycles. The first-order valence-corrected chi connectivity index (χ1v) is 6.54. The van der Waals surface area contributed by atoms with Crippen LogP contribution in [0.4, 0.5) is 10.1 Å². The fraction of sp³-hybridized carbons (Fsp3) is 0.294. The summed E-state index contributed by atoms with van der Waals surface area (Å²) in [6.07, 6.45) is 0. The first kappa shape index (κ1) is 13.6. The van der Waals surface area contributed by atoms with Gasteiger partial charge in [0.1, 0.15) is 5.82 Å². The van der Waals surface area contributed by atoms with Crippen molar-refractivity contribution in [1.82, 2.24) is 0 Å². The van der Waals surface area contributed by atoms with Gasteiger partial charge >= 0.3 is 0 Å². The number of anilines is 1. The Morgan fingerprint density at radius 2 is 1.58 bits per heavy atom. The highest BCUT2D eigenvalue weighted by Crippen LogP contribution is 2.29. The summed E-state index contributed by atoms with van der Waals surface area (Å²) in [6, 6.07) is 14.9. The lowest BCUT2D eigenvalue weighted by molar-refractivity contribution is 0.591. The van der Waals surface area contributed by atoms with Gasteiger partial charge in [0, 0.05) is 12.2 Å². The molecule has 0 bridgehead atoms. The maximum absolute atomic E-state index is 12.8. The predicted octanol–water partition coefficient (Wildman–Crippen LogP) is 4.74. The van der Waals surface area contributed by atoms with Crippen LogP contribution in [0, 0.1) is 5.82 Å². The highest BCUT2D eigenvalue weighted by molar-refractivity contribution is 5.54. The van der Waals surface area contributed by atoms with Crippen molar-refractivity contribution in [2.45, 2.75) is 32.7 Å². The molecule has 1 N–H and O–H groups in total. The fourth-order valence-electron chi connectivity index (χ4n) is 2.09. The average Bonchev–Trinajstić information content (AvgIpc) is 2.37. The molecule has 0 saturated carbocycles. The number of benzene rings is 2. The zero-order chi connectivity index (χ0) is 13.9. The number of nitrogens with one attached hydrogen (secondary N) is 1. The van der Waals surface area contributed by atoms with Crippen LogP contribution >= 0.6 is 0 Å². The Morgan fingerprint density at radius 3 is 2.21 bits per heavy atom. The lowest BCUT2D eigenvalue weighted by Gasteiger charge is -2.23. The standard InChI is InChI=1S/C17H20FN/c1-17(2,3)15-6-4-5-7-16(15)19-12-13-8-10-14(18)11-9-13/h4-11,19H,12H2,1-3H3. The summed E-state index contributed by atoms with van der Waals surface area (Å²) in [4.78, 5) is 0. The van der Waals surface area contributed by atoms with E-state index >= 15 is 0 Å². The van der Waals surface area contributed by atoms with Crippen LogP contribution in [0.1, 0.15) is 31.9 Å². The van der Waals surface area contributed by atoms with Gasteiger partial charge < -0.3 is 5.32 Å². The molecule has 0 aliphatic carbocycles. The van der Waals surface area contributed by atoms with E-state index in [1.165, 1.54) is 17.7 Å². The summed E-state index contributed by atoms with van der Waals surface area (Å²) in [5.41, 5.74) is 3.60. The van der Waals surface area contributed by atoms with Crippen molar-refractivity contribution in [3.05, 3.63) is 65.5 Å². The van der Waals surface area contributed by atoms with E-state index in [4.69, 9.17) is 0 Å². The second-order valence-corrected chi connectivity index (χ2v) is 5.78. The Labute approximate surface area is 114 Å². The van der Waals surface area contributed by atoms with Crippen LogP contribution in [0.5, 0.6) is 0 Å². The molecule has 0 spiro atoms. The van der Waals surface area contributed by atoms with Gasteiger partial charge in [-0.2, -0.15) is 0 Å². The fourth-order valence-corrected chi connectivity index (χ4v) is 2.09. The number of hydrogen-bond acceptors (Lipinski definition) is 1. The van der Waals surface area contributed by atoms with E-state index in [1.54, 1.807) is 0 Å². The second-order valence-electron chi connectivity index (χ2n) is 5.78. The van der Waals surface area contributed by atoms with Gasteiger partial charge in [0.05, 0.1) is 0 Å². The summed E-state index contributed by atoms with van der Waals surface area (Å²) >= 11 is 0. The summed E-state index contributed by atoms with van der Waals surface area (Å²) < 4.78 is 12.8. The molecule has 0 atom stereocenters. The minimum absolute atomic E-state index is 0.104. The smallest absolute Gasteiger partial charge is 0.123 e. The molecule has 0 radical (unpaired) electrons. The van der Waals surface area contributed by atoms with Crippen LogP contribution in [0.3, 0.4) is 0 Å². The van der Waals surface area contributed by atoms with E-state index in [9.17, 15) is 4.39 Å². The van der Waals surface area contributed by atoms with Crippen molar-refractivity contribution in [3.63, 3.8) is 0 Å². The molecule has 1 nitrogen and oxygen atoms in total. The van der Waals surface area contributed by atoms with Gasteiger partial charge in [-0.25, -0.2) is 4.39 Å². The normalized spacial score (nSPS) is 11.4. The number of rotatable bonds is 3. The van der Waals surface area contributed by atoms with E-state index in [-0.39, 0.29) is 11.2 Å². The van der Waals surface area contributed by atoms with Crippen LogP contribution in [0.25, 0.3) is 0 Å². The molecule has 19 heavy (non-hydrogen) atoms. The quantitative estimate of drug-likeness (QED) is 0.837. The average molecular weight is 257 g/mol. The third-order valence-electron chi connectivity index (χ3n) is 3.13. The summed E-state index contributed by atoms with van der Waals surface area (Å²) in [7, 11) is 0. The van der Waals surface area contributed by atoms with Gasteiger partial charge in [-0.1, -0.05) is 51.1 Å². The van der Waals surface area contributed by atoms with Gasteiger partial charge in [0.2, 0.25) is 0 Å². The van der Waals surface area contributed by atoms with Crippen molar-refractivity contribution in [1.29, 1.82) is 0 Å². The molecule has 0 fully saturated rings. The Morgan fingerprint density at radius 1 is 0.947 bits per heavy atom. The van der Waals surface area contributed by atoms with Gasteiger partial charge in [-0.05, 0) is 34.7 Å². The van der Waals surface area contributed by atoms with Gasteiger partial charge in [-0.3, -0.25) is 0 Å². The molecule has 0 aromatic heterocycles. The Balaban J connectivity index is 2.14. The Kier molecular flexibility index (Phi) is 3.89. The SMILES string of the molecule is CC(C)(C)c1ccccc1NCc1ccc(F)cc1. The van der Waals surface area contributed by atoms with Crippen LogP contribution in [0.2, 0.25) is 0 Å². The van der Waals surface area contributed by atoms with E-state index < -0.39 is 0 Å². The third-order valence-corrected chi connectivity index (χ3v) is 3.13. The van der Waals surface area contributed by atoms with Gasteiger partial charge in [-0.15, -0.1) is 0 Å². The molecule has 2 rings (SSSR count). The van der Waals surface area contributed by atoms with E-state index in [2.05, 4.69) is 44.3 Å². The second kappa shape index (κ2) is 5.43. The zero-order valence-electron chi connectivity index (χ0n) is 11.7. The predicted molar refractivity (Wildman–Crippen MR) is 78.9 cm³/mol.